The van der Waals surface area contributed by atoms with Gasteiger partial charge in [0.05, 0.1) is 17.0 Å². The highest BCUT2D eigenvalue weighted by Crippen LogP contribution is 2.31. The Morgan fingerprint density at radius 2 is 1.33 bits per heavy atom. The fourth-order valence-corrected chi connectivity index (χ4v) is 4.98. The van der Waals surface area contributed by atoms with Crippen molar-refractivity contribution in [1.82, 2.24) is 10.0 Å². The fraction of sp³-hybridized carbons (Fsp3) is 0.280. The van der Waals surface area contributed by atoms with E-state index in [2.05, 4.69) is 10.0 Å². The van der Waals surface area contributed by atoms with Crippen LogP contribution in [0, 0.1) is 6.92 Å². The fourth-order valence-electron chi connectivity index (χ4n) is 3.74. The molecule has 8 heteroatoms. The molecule has 33 heavy (non-hydrogen) atoms. The van der Waals surface area contributed by atoms with Crippen molar-refractivity contribution in [2.75, 3.05) is 6.54 Å². The number of rotatable bonds is 12. The van der Waals surface area contributed by atoms with Gasteiger partial charge < -0.3 is 15.4 Å². The van der Waals surface area contributed by atoms with Crippen LogP contribution in [0.5, 0.6) is 0 Å². The molecule has 4 N–H and O–H groups in total. The molecule has 0 amide bonds. The maximum Gasteiger partial charge on any atom is 0.451 e. The molecule has 3 rings (SSSR count). The highest BCUT2D eigenvalue weighted by atomic mass is 32.2. The van der Waals surface area contributed by atoms with Crippen molar-refractivity contribution in [2.24, 2.45) is 0 Å². The summed E-state index contributed by atoms with van der Waals surface area (Å²) in [5.74, 6) is 0. The number of hydrogen-bond donors (Lipinski definition) is 4. The SMILES string of the molecule is Cc1ccc(S(=O)(=O)N[C@@H](c2ccccc2)[C@H](NCCCCB(O)O)c2ccccc2)cc1. The molecule has 174 valence electrons. The summed E-state index contributed by atoms with van der Waals surface area (Å²) < 4.78 is 29.6. The van der Waals surface area contributed by atoms with E-state index in [9.17, 15) is 8.42 Å². The first-order valence-corrected chi connectivity index (χ1v) is 12.6. The lowest BCUT2D eigenvalue weighted by Crippen LogP contribution is -2.39. The van der Waals surface area contributed by atoms with Gasteiger partial charge in [0.2, 0.25) is 10.0 Å². The third kappa shape index (κ3) is 7.52. The van der Waals surface area contributed by atoms with Crippen LogP contribution >= 0.6 is 0 Å². The predicted molar refractivity (Wildman–Crippen MR) is 132 cm³/mol. The van der Waals surface area contributed by atoms with Crippen LogP contribution < -0.4 is 10.0 Å². The molecule has 0 aromatic heterocycles. The first-order valence-electron chi connectivity index (χ1n) is 11.2. The van der Waals surface area contributed by atoms with Gasteiger partial charge in [-0.15, -0.1) is 0 Å². The molecule has 0 aliphatic rings. The molecule has 3 aromatic rings. The lowest BCUT2D eigenvalue weighted by atomic mass is 9.84. The molecular formula is C25H31BN2O4S. The van der Waals surface area contributed by atoms with Gasteiger partial charge in [-0.1, -0.05) is 84.8 Å². The minimum Gasteiger partial charge on any atom is -0.427 e. The second-order valence-corrected chi connectivity index (χ2v) is 9.86. The van der Waals surface area contributed by atoms with Gasteiger partial charge in [-0.25, -0.2) is 13.1 Å². The topological polar surface area (TPSA) is 98.7 Å². The first kappa shape index (κ1) is 25.1. The Balaban J connectivity index is 1.91. The molecule has 0 aliphatic carbocycles. The summed E-state index contributed by atoms with van der Waals surface area (Å²) in [5.41, 5.74) is 2.80. The van der Waals surface area contributed by atoms with Crippen LogP contribution in [0.25, 0.3) is 0 Å². The number of unbranched alkanes of at least 4 members (excludes halogenated alkanes) is 1. The molecule has 0 aliphatic heterocycles. The molecule has 0 fully saturated rings. The number of benzene rings is 3. The van der Waals surface area contributed by atoms with Gasteiger partial charge in [-0.05, 0) is 49.5 Å². The molecule has 0 saturated carbocycles. The van der Waals surface area contributed by atoms with Gasteiger partial charge in [-0.2, -0.15) is 0 Å². The molecular weight excluding hydrogens is 435 g/mol. The summed E-state index contributed by atoms with van der Waals surface area (Å²) in [5, 5.41) is 21.7. The quantitative estimate of drug-likeness (QED) is 0.242. The minimum absolute atomic E-state index is 0.220. The number of sulfonamides is 1. The van der Waals surface area contributed by atoms with E-state index in [0.29, 0.717) is 19.3 Å². The van der Waals surface area contributed by atoms with E-state index >= 15 is 0 Å². The van der Waals surface area contributed by atoms with Crippen molar-refractivity contribution in [3.63, 3.8) is 0 Å². The normalized spacial score (nSPS) is 13.4. The van der Waals surface area contributed by atoms with E-state index in [-0.39, 0.29) is 10.9 Å². The average Bonchev–Trinajstić information content (AvgIpc) is 2.81. The molecule has 0 unspecified atom stereocenters. The molecule has 0 heterocycles. The van der Waals surface area contributed by atoms with Crippen molar-refractivity contribution in [3.05, 3.63) is 102 Å². The summed E-state index contributed by atoms with van der Waals surface area (Å²) >= 11 is 0. The molecule has 6 nitrogen and oxygen atoms in total. The van der Waals surface area contributed by atoms with Crippen molar-refractivity contribution >= 4 is 17.1 Å². The lowest BCUT2D eigenvalue weighted by molar-refractivity contribution is 0.396. The van der Waals surface area contributed by atoms with E-state index in [4.69, 9.17) is 10.0 Å². The number of nitrogens with one attached hydrogen (secondary N) is 2. The molecule has 0 radical (unpaired) electrons. The van der Waals surface area contributed by atoms with Gasteiger partial charge in [0.1, 0.15) is 0 Å². The van der Waals surface area contributed by atoms with Crippen LogP contribution in [-0.2, 0) is 10.0 Å². The number of aryl methyl sites for hydroxylation is 1. The zero-order chi connectivity index (χ0) is 23.7. The van der Waals surface area contributed by atoms with Crippen LogP contribution in [0.4, 0.5) is 0 Å². The van der Waals surface area contributed by atoms with Crippen LogP contribution in [0.15, 0.2) is 89.8 Å². The highest BCUT2D eigenvalue weighted by Gasteiger charge is 2.29. The van der Waals surface area contributed by atoms with Crippen molar-refractivity contribution in [1.29, 1.82) is 0 Å². The summed E-state index contributed by atoms with van der Waals surface area (Å²) in [6, 6.07) is 25.2. The van der Waals surface area contributed by atoms with Gasteiger partial charge in [-0.3, -0.25) is 0 Å². The van der Waals surface area contributed by atoms with Crippen LogP contribution in [-0.4, -0.2) is 32.1 Å². The summed E-state index contributed by atoms with van der Waals surface area (Å²) in [7, 11) is -5.09. The maximum atomic E-state index is 13.3. The highest BCUT2D eigenvalue weighted by molar-refractivity contribution is 7.89. The third-order valence-corrected chi connectivity index (χ3v) is 6.97. The third-order valence-electron chi connectivity index (χ3n) is 5.52. The molecule has 0 spiro atoms. The Morgan fingerprint density at radius 1 is 0.788 bits per heavy atom. The minimum atomic E-state index is -3.78. The molecule has 0 saturated heterocycles. The van der Waals surface area contributed by atoms with Gasteiger partial charge >= 0.3 is 7.12 Å². The zero-order valence-corrected chi connectivity index (χ0v) is 19.6. The molecule has 0 bridgehead atoms. The smallest absolute Gasteiger partial charge is 0.427 e. The second-order valence-electron chi connectivity index (χ2n) is 8.14. The maximum absolute atomic E-state index is 13.3. The van der Waals surface area contributed by atoms with E-state index in [1.807, 2.05) is 67.6 Å². The van der Waals surface area contributed by atoms with Crippen molar-refractivity contribution in [2.45, 2.75) is 43.1 Å². The van der Waals surface area contributed by atoms with Gasteiger partial charge in [0.25, 0.3) is 0 Å². The Hall–Kier alpha value is -2.49. The van der Waals surface area contributed by atoms with Crippen molar-refractivity contribution < 1.29 is 18.5 Å². The van der Waals surface area contributed by atoms with Gasteiger partial charge in [0.15, 0.2) is 0 Å². The van der Waals surface area contributed by atoms with E-state index in [1.54, 1.807) is 24.3 Å². The van der Waals surface area contributed by atoms with E-state index in [0.717, 1.165) is 23.1 Å². The second kappa shape index (κ2) is 12.1. The lowest BCUT2D eigenvalue weighted by Gasteiger charge is -2.30. The summed E-state index contributed by atoms with van der Waals surface area (Å²) in [4.78, 5) is 0.220. The largest absolute Gasteiger partial charge is 0.451 e. The molecule has 2 atom stereocenters. The van der Waals surface area contributed by atoms with Gasteiger partial charge in [0, 0.05) is 0 Å². The standard InChI is InChI=1S/C25H31BN2O4S/c1-20-14-16-23(17-15-20)33(31,32)28-25(22-12-6-3-7-13-22)24(21-10-4-2-5-11-21)27-19-9-8-18-26(29)30/h2-7,10-17,24-25,27-30H,8-9,18-19H2,1H3/t24-,25+/m1/s1. The Morgan fingerprint density at radius 3 is 1.88 bits per heavy atom. The van der Waals surface area contributed by atoms with Crippen LogP contribution in [0.2, 0.25) is 6.32 Å². The van der Waals surface area contributed by atoms with Crippen LogP contribution in [0.3, 0.4) is 0 Å². The van der Waals surface area contributed by atoms with Crippen LogP contribution in [0.1, 0.15) is 41.6 Å². The monoisotopic (exact) mass is 466 g/mol. The van der Waals surface area contributed by atoms with E-state index in [1.165, 1.54) is 0 Å². The Kier molecular flexibility index (Phi) is 9.23. The number of hydrogen-bond acceptors (Lipinski definition) is 5. The summed E-state index contributed by atoms with van der Waals surface area (Å²) in [6.45, 7) is 2.52. The average molecular weight is 466 g/mol. The first-order chi connectivity index (χ1) is 15.9. The Bertz CT molecular complexity index is 1080. The van der Waals surface area contributed by atoms with Crippen molar-refractivity contribution in [3.8, 4) is 0 Å². The molecule has 3 aromatic carbocycles. The summed E-state index contributed by atoms with van der Waals surface area (Å²) in [6.07, 6.45) is 1.68. The predicted octanol–water partition coefficient (Wildman–Crippen LogP) is 3.60. The van der Waals surface area contributed by atoms with E-state index < -0.39 is 23.2 Å². The Labute approximate surface area is 196 Å². The zero-order valence-electron chi connectivity index (χ0n) is 18.8.